The first kappa shape index (κ1) is 27.1. The summed E-state index contributed by atoms with van der Waals surface area (Å²) in [4.78, 5) is 15.4. The fourth-order valence-corrected chi connectivity index (χ4v) is 6.57. The van der Waals surface area contributed by atoms with E-state index in [9.17, 15) is 27.3 Å². The number of sulfonamides is 1. The summed E-state index contributed by atoms with van der Waals surface area (Å²) < 4.78 is 59.9. The molecule has 0 radical (unpaired) electrons. The van der Waals surface area contributed by atoms with Crippen molar-refractivity contribution in [3.8, 4) is 0 Å². The van der Waals surface area contributed by atoms with E-state index < -0.39 is 14.9 Å². The van der Waals surface area contributed by atoms with Gasteiger partial charge >= 0.3 is 0 Å². The van der Waals surface area contributed by atoms with E-state index in [2.05, 4.69) is 4.90 Å². The number of ether oxygens (including phenoxy) is 1. The van der Waals surface area contributed by atoms with Crippen LogP contribution in [-0.2, 0) is 14.8 Å². The Morgan fingerprint density at radius 1 is 0.795 bits per heavy atom. The molecular weight excluding hydrogens is 530 g/mol. The van der Waals surface area contributed by atoms with Gasteiger partial charge in [-0.2, -0.15) is 4.31 Å². The van der Waals surface area contributed by atoms with Crippen molar-refractivity contribution in [2.45, 2.75) is 10.9 Å². The third-order valence-electron chi connectivity index (χ3n) is 7.14. The molecule has 0 amide bonds. The third-order valence-corrected chi connectivity index (χ3v) is 9.04. The SMILES string of the molecule is O=[N+]([O-])c1cc(S(=O)(=O)N2CCOCC2)ccc1N1CCN(C(c2ccc(F)cc2)c2ccc(F)cc2)CC1. The van der Waals surface area contributed by atoms with Crippen LogP contribution < -0.4 is 4.90 Å². The van der Waals surface area contributed by atoms with Crippen LogP contribution >= 0.6 is 0 Å². The van der Waals surface area contributed by atoms with Gasteiger partial charge in [-0.3, -0.25) is 15.0 Å². The van der Waals surface area contributed by atoms with Gasteiger partial charge in [-0.25, -0.2) is 17.2 Å². The molecule has 2 aliphatic rings. The van der Waals surface area contributed by atoms with Gasteiger partial charge in [0, 0.05) is 45.3 Å². The Morgan fingerprint density at radius 3 is 1.85 bits per heavy atom. The van der Waals surface area contributed by atoms with E-state index in [0.29, 0.717) is 31.9 Å². The number of nitro benzene ring substituents is 1. The van der Waals surface area contributed by atoms with Gasteiger partial charge in [-0.1, -0.05) is 24.3 Å². The van der Waals surface area contributed by atoms with E-state index in [0.717, 1.165) is 17.2 Å². The fraction of sp³-hybridized carbons (Fsp3) is 0.333. The van der Waals surface area contributed by atoms with Crippen molar-refractivity contribution in [2.24, 2.45) is 0 Å². The van der Waals surface area contributed by atoms with Crippen LogP contribution in [0.25, 0.3) is 0 Å². The predicted octanol–water partition coefficient (Wildman–Crippen LogP) is 3.81. The summed E-state index contributed by atoms with van der Waals surface area (Å²) in [6, 6.07) is 16.1. The molecule has 0 aromatic heterocycles. The molecule has 39 heavy (non-hydrogen) atoms. The third kappa shape index (κ3) is 5.78. The lowest BCUT2D eigenvalue weighted by Crippen LogP contribution is -2.48. The molecule has 2 saturated heterocycles. The molecule has 12 heteroatoms. The van der Waals surface area contributed by atoms with Crippen LogP contribution in [0.4, 0.5) is 20.2 Å². The number of benzene rings is 3. The van der Waals surface area contributed by atoms with Crippen molar-refractivity contribution in [3.05, 3.63) is 99.6 Å². The minimum absolute atomic E-state index is 0.119. The molecule has 0 saturated carbocycles. The normalized spacial score (nSPS) is 17.5. The second-order valence-corrected chi connectivity index (χ2v) is 11.4. The summed E-state index contributed by atoms with van der Waals surface area (Å²) in [5.74, 6) is -0.708. The highest BCUT2D eigenvalue weighted by Crippen LogP contribution is 2.35. The number of piperazine rings is 1. The highest BCUT2D eigenvalue weighted by molar-refractivity contribution is 7.89. The standard InChI is InChI=1S/C27H28F2N4O5S/c28-22-5-1-20(2-6-22)27(21-3-7-23(29)8-4-21)31-13-11-30(12-14-31)25-10-9-24(19-26(25)33(34)35)39(36,37)32-15-17-38-18-16-32/h1-10,19,27H,11-18H2. The highest BCUT2D eigenvalue weighted by atomic mass is 32.2. The summed E-state index contributed by atoms with van der Waals surface area (Å²) in [6.45, 7) is 2.87. The van der Waals surface area contributed by atoms with Gasteiger partial charge in [0.15, 0.2) is 0 Å². The molecule has 3 aromatic carbocycles. The van der Waals surface area contributed by atoms with Gasteiger partial charge in [0.1, 0.15) is 17.3 Å². The van der Waals surface area contributed by atoms with Crippen molar-refractivity contribution >= 4 is 21.4 Å². The van der Waals surface area contributed by atoms with Crippen molar-refractivity contribution in [3.63, 3.8) is 0 Å². The number of hydrogen-bond donors (Lipinski definition) is 0. The first-order valence-electron chi connectivity index (χ1n) is 12.6. The van der Waals surface area contributed by atoms with Gasteiger partial charge in [0.25, 0.3) is 5.69 Å². The molecule has 0 atom stereocenters. The van der Waals surface area contributed by atoms with Gasteiger partial charge in [-0.05, 0) is 47.5 Å². The Balaban J connectivity index is 1.38. The van der Waals surface area contributed by atoms with Crippen LogP contribution in [-0.4, -0.2) is 75.0 Å². The van der Waals surface area contributed by atoms with E-state index >= 15 is 0 Å². The first-order valence-corrected chi connectivity index (χ1v) is 14.0. The lowest BCUT2D eigenvalue weighted by molar-refractivity contribution is -0.384. The molecule has 2 fully saturated rings. The fourth-order valence-electron chi connectivity index (χ4n) is 5.14. The monoisotopic (exact) mass is 558 g/mol. The Hall–Kier alpha value is -3.45. The average Bonchev–Trinajstić information content (AvgIpc) is 2.96. The molecule has 0 spiro atoms. The smallest absolute Gasteiger partial charge is 0.293 e. The Bertz CT molecular complexity index is 1380. The second-order valence-electron chi connectivity index (χ2n) is 9.45. The van der Waals surface area contributed by atoms with E-state index in [1.54, 1.807) is 24.3 Å². The van der Waals surface area contributed by atoms with Crippen LogP contribution in [0.3, 0.4) is 0 Å². The molecule has 0 bridgehead atoms. The Morgan fingerprint density at radius 2 is 1.33 bits per heavy atom. The van der Waals surface area contributed by atoms with Gasteiger partial charge in [0.2, 0.25) is 10.0 Å². The number of anilines is 1. The van der Waals surface area contributed by atoms with Crippen molar-refractivity contribution < 1.29 is 26.9 Å². The maximum atomic E-state index is 13.6. The average molecular weight is 559 g/mol. The molecule has 5 rings (SSSR count). The Labute approximate surface area is 225 Å². The number of hydrogen-bond acceptors (Lipinski definition) is 7. The summed E-state index contributed by atoms with van der Waals surface area (Å²) in [5, 5.41) is 12.0. The minimum Gasteiger partial charge on any atom is -0.379 e. The zero-order valence-corrected chi connectivity index (χ0v) is 21.9. The number of morpholine rings is 1. The predicted molar refractivity (Wildman–Crippen MR) is 141 cm³/mol. The topological polar surface area (TPSA) is 96.2 Å². The lowest BCUT2D eigenvalue weighted by atomic mass is 9.96. The summed E-state index contributed by atoms with van der Waals surface area (Å²) in [5.41, 5.74) is 1.77. The zero-order chi connectivity index (χ0) is 27.6. The van der Waals surface area contributed by atoms with Gasteiger partial charge < -0.3 is 9.64 Å². The molecular formula is C27H28F2N4O5S. The quantitative estimate of drug-likeness (QED) is 0.322. The molecule has 2 aliphatic heterocycles. The van der Waals surface area contributed by atoms with Crippen molar-refractivity contribution in [1.82, 2.24) is 9.21 Å². The molecule has 0 aliphatic carbocycles. The maximum absolute atomic E-state index is 13.6. The molecule has 0 N–H and O–H groups in total. The van der Waals surface area contributed by atoms with E-state index in [-0.39, 0.29) is 54.6 Å². The minimum atomic E-state index is -3.88. The molecule has 9 nitrogen and oxygen atoms in total. The second kappa shape index (κ2) is 11.3. The van der Waals surface area contributed by atoms with Crippen LogP contribution in [0.1, 0.15) is 17.2 Å². The molecule has 2 heterocycles. The molecule has 3 aromatic rings. The highest BCUT2D eigenvalue weighted by Gasteiger charge is 2.32. The van der Waals surface area contributed by atoms with Gasteiger partial charge in [0.05, 0.1) is 29.1 Å². The van der Waals surface area contributed by atoms with Crippen LogP contribution in [0.5, 0.6) is 0 Å². The van der Waals surface area contributed by atoms with Crippen molar-refractivity contribution in [1.29, 1.82) is 0 Å². The number of nitrogens with zero attached hydrogens (tertiary/aromatic N) is 4. The number of rotatable bonds is 7. The summed E-state index contributed by atoms with van der Waals surface area (Å²) >= 11 is 0. The maximum Gasteiger partial charge on any atom is 0.293 e. The largest absolute Gasteiger partial charge is 0.379 e. The van der Waals surface area contributed by atoms with Crippen LogP contribution in [0, 0.1) is 21.7 Å². The van der Waals surface area contributed by atoms with Gasteiger partial charge in [-0.15, -0.1) is 0 Å². The zero-order valence-electron chi connectivity index (χ0n) is 21.1. The number of nitro groups is 1. The number of halogens is 2. The van der Waals surface area contributed by atoms with E-state index in [1.165, 1.54) is 40.7 Å². The lowest BCUT2D eigenvalue weighted by Gasteiger charge is -2.40. The van der Waals surface area contributed by atoms with Crippen LogP contribution in [0.15, 0.2) is 71.6 Å². The summed E-state index contributed by atoms with van der Waals surface area (Å²) in [7, 11) is -3.88. The molecule has 206 valence electrons. The Kier molecular flexibility index (Phi) is 7.89. The van der Waals surface area contributed by atoms with E-state index in [4.69, 9.17) is 4.74 Å². The molecule has 0 unspecified atom stereocenters. The van der Waals surface area contributed by atoms with Crippen molar-refractivity contribution in [2.75, 3.05) is 57.4 Å². The first-order chi connectivity index (χ1) is 18.7. The van der Waals surface area contributed by atoms with Crippen LogP contribution in [0.2, 0.25) is 0 Å². The summed E-state index contributed by atoms with van der Waals surface area (Å²) in [6.07, 6.45) is 0. The van der Waals surface area contributed by atoms with E-state index in [1.807, 2.05) is 4.90 Å².